The average molecular weight is 290 g/mol. The molecule has 1 aromatic carbocycles. The van der Waals surface area contributed by atoms with Crippen LogP contribution in [0.15, 0.2) is 18.2 Å². The molecule has 1 aromatic rings. The Labute approximate surface area is 127 Å². The molecule has 0 bridgehead atoms. The van der Waals surface area contributed by atoms with Crippen molar-refractivity contribution >= 4 is 6.29 Å². The van der Waals surface area contributed by atoms with E-state index in [1.165, 1.54) is 11.1 Å². The number of benzene rings is 1. The third kappa shape index (κ3) is 3.53. The summed E-state index contributed by atoms with van der Waals surface area (Å²) >= 11 is 0. The van der Waals surface area contributed by atoms with E-state index in [2.05, 4.69) is 26.8 Å². The molecule has 0 aromatic heterocycles. The van der Waals surface area contributed by atoms with E-state index in [0.717, 1.165) is 37.9 Å². The van der Waals surface area contributed by atoms with E-state index in [4.69, 9.17) is 9.47 Å². The van der Waals surface area contributed by atoms with Gasteiger partial charge in [-0.3, -0.25) is 4.79 Å². The number of ether oxygens (including phenoxy) is 2. The Hall–Kier alpha value is -1.19. The predicted molar refractivity (Wildman–Crippen MR) is 84.1 cm³/mol. The van der Waals surface area contributed by atoms with Crippen LogP contribution < -0.4 is 0 Å². The molecule has 0 amide bonds. The monoisotopic (exact) mass is 290 g/mol. The lowest BCUT2D eigenvalue weighted by Gasteiger charge is -2.38. The Kier molecular flexibility index (Phi) is 4.84. The summed E-state index contributed by atoms with van der Waals surface area (Å²) < 4.78 is 11.0. The molecule has 0 spiro atoms. The van der Waals surface area contributed by atoms with Gasteiger partial charge in [0.25, 0.3) is 0 Å². The van der Waals surface area contributed by atoms with E-state index in [0.29, 0.717) is 6.61 Å². The van der Waals surface area contributed by atoms with Gasteiger partial charge in [0.2, 0.25) is 0 Å². The fourth-order valence-corrected chi connectivity index (χ4v) is 3.01. The van der Waals surface area contributed by atoms with E-state index < -0.39 is 0 Å². The highest BCUT2D eigenvalue weighted by Gasteiger charge is 2.35. The molecule has 0 unspecified atom stereocenters. The third-order valence-electron chi connectivity index (χ3n) is 4.44. The topological polar surface area (TPSA) is 35.5 Å². The molecule has 3 nitrogen and oxygen atoms in total. The van der Waals surface area contributed by atoms with E-state index in [-0.39, 0.29) is 10.8 Å². The molecule has 0 radical (unpaired) electrons. The molecule has 1 fully saturated rings. The van der Waals surface area contributed by atoms with Crippen LogP contribution in [0.2, 0.25) is 0 Å². The molecule has 0 saturated carbocycles. The molecule has 1 saturated heterocycles. The van der Waals surface area contributed by atoms with Crippen LogP contribution in [0.3, 0.4) is 0 Å². The predicted octanol–water partition coefficient (Wildman–Crippen LogP) is 3.49. The van der Waals surface area contributed by atoms with E-state index in [1.54, 1.807) is 7.11 Å². The molecule has 21 heavy (non-hydrogen) atoms. The normalized spacial score (nSPS) is 18.5. The van der Waals surface area contributed by atoms with Gasteiger partial charge in [-0.05, 0) is 41.5 Å². The van der Waals surface area contributed by atoms with Crippen LogP contribution in [0, 0.1) is 0 Å². The van der Waals surface area contributed by atoms with Gasteiger partial charge in [0.1, 0.15) is 6.29 Å². The molecule has 0 atom stereocenters. The smallest absolute Gasteiger partial charge is 0.150 e. The first-order valence-electron chi connectivity index (χ1n) is 7.59. The summed E-state index contributed by atoms with van der Waals surface area (Å²) in [6.45, 7) is 8.69. The van der Waals surface area contributed by atoms with Crippen molar-refractivity contribution in [1.82, 2.24) is 0 Å². The van der Waals surface area contributed by atoms with Gasteiger partial charge < -0.3 is 9.47 Å². The van der Waals surface area contributed by atoms with Gasteiger partial charge in [-0.25, -0.2) is 0 Å². The van der Waals surface area contributed by atoms with Crippen molar-refractivity contribution in [3.05, 3.63) is 34.9 Å². The Bertz CT molecular complexity index is 488. The van der Waals surface area contributed by atoms with Crippen molar-refractivity contribution in [2.45, 2.75) is 44.4 Å². The van der Waals surface area contributed by atoms with E-state index in [9.17, 15) is 4.79 Å². The Balaban J connectivity index is 2.51. The van der Waals surface area contributed by atoms with Crippen molar-refractivity contribution in [1.29, 1.82) is 0 Å². The van der Waals surface area contributed by atoms with Gasteiger partial charge in [0.05, 0.1) is 6.61 Å². The third-order valence-corrected chi connectivity index (χ3v) is 4.44. The number of methoxy groups -OCH3 is 1. The molecule has 1 aliphatic heterocycles. The molecule has 0 N–H and O–H groups in total. The van der Waals surface area contributed by atoms with E-state index in [1.807, 2.05) is 12.1 Å². The minimum absolute atomic E-state index is 0.0210. The highest BCUT2D eigenvalue weighted by atomic mass is 16.5. The summed E-state index contributed by atoms with van der Waals surface area (Å²) in [6.07, 6.45) is 2.82. The fourth-order valence-electron chi connectivity index (χ4n) is 3.01. The molecule has 0 aliphatic carbocycles. The number of carbonyl (C=O) groups is 1. The van der Waals surface area contributed by atoms with Gasteiger partial charge in [-0.2, -0.15) is 0 Å². The first-order valence-corrected chi connectivity index (χ1v) is 7.59. The van der Waals surface area contributed by atoms with Crippen molar-refractivity contribution in [2.75, 3.05) is 26.9 Å². The lowest BCUT2D eigenvalue weighted by Crippen LogP contribution is -2.38. The maximum Gasteiger partial charge on any atom is 0.150 e. The molecule has 3 heteroatoms. The summed E-state index contributed by atoms with van der Waals surface area (Å²) in [5, 5.41) is 0. The van der Waals surface area contributed by atoms with Crippen LogP contribution >= 0.6 is 0 Å². The van der Waals surface area contributed by atoms with Crippen molar-refractivity contribution in [2.24, 2.45) is 0 Å². The lowest BCUT2D eigenvalue weighted by molar-refractivity contribution is 0.0136. The van der Waals surface area contributed by atoms with Gasteiger partial charge in [-0.15, -0.1) is 0 Å². The Morgan fingerprint density at radius 2 is 1.90 bits per heavy atom. The standard InChI is InChI=1S/C18H26O3/c1-17(2,3)15-9-14(12-19)10-16(11-15)18(13-20-4)5-7-21-8-6-18/h9-12H,5-8,13H2,1-4H3. The SMILES string of the molecule is COCC1(c2cc(C=O)cc(C(C)(C)C)c2)CCOCC1. The Morgan fingerprint density at radius 1 is 1.24 bits per heavy atom. The van der Waals surface area contributed by atoms with Gasteiger partial charge in [0.15, 0.2) is 0 Å². The second-order valence-electron chi connectivity index (χ2n) is 7.04. The number of aldehydes is 1. The number of hydrogen-bond donors (Lipinski definition) is 0. The van der Waals surface area contributed by atoms with Crippen LogP contribution in [-0.4, -0.2) is 33.2 Å². The minimum Gasteiger partial charge on any atom is -0.384 e. The van der Waals surface area contributed by atoms with Crippen molar-refractivity contribution < 1.29 is 14.3 Å². The Morgan fingerprint density at radius 3 is 2.43 bits per heavy atom. The molecule has 1 heterocycles. The largest absolute Gasteiger partial charge is 0.384 e. The van der Waals surface area contributed by atoms with Crippen molar-refractivity contribution in [3.63, 3.8) is 0 Å². The summed E-state index contributed by atoms with van der Waals surface area (Å²) in [6, 6.07) is 6.26. The molecular formula is C18H26O3. The van der Waals surface area contributed by atoms with Gasteiger partial charge in [0, 0.05) is 31.3 Å². The second-order valence-corrected chi connectivity index (χ2v) is 7.04. The zero-order valence-electron chi connectivity index (χ0n) is 13.6. The number of rotatable bonds is 4. The lowest BCUT2D eigenvalue weighted by atomic mass is 9.72. The number of hydrogen-bond acceptors (Lipinski definition) is 3. The zero-order valence-corrected chi connectivity index (χ0v) is 13.6. The minimum atomic E-state index is -0.0357. The fraction of sp³-hybridized carbons (Fsp3) is 0.611. The maximum absolute atomic E-state index is 11.3. The molecule has 2 rings (SSSR count). The van der Waals surface area contributed by atoms with Crippen LogP contribution in [0.4, 0.5) is 0 Å². The second kappa shape index (κ2) is 6.29. The summed E-state index contributed by atoms with van der Waals surface area (Å²) in [5.74, 6) is 0. The number of carbonyl (C=O) groups excluding carboxylic acids is 1. The summed E-state index contributed by atoms with van der Waals surface area (Å²) in [5.41, 5.74) is 3.14. The summed E-state index contributed by atoms with van der Waals surface area (Å²) in [4.78, 5) is 11.3. The maximum atomic E-state index is 11.3. The highest BCUT2D eigenvalue weighted by molar-refractivity contribution is 5.76. The van der Waals surface area contributed by atoms with Crippen LogP contribution in [0.25, 0.3) is 0 Å². The van der Waals surface area contributed by atoms with Crippen LogP contribution in [-0.2, 0) is 20.3 Å². The van der Waals surface area contributed by atoms with Crippen LogP contribution in [0.5, 0.6) is 0 Å². The van der Waals surface area contributed by atoms with Gasteiger partial charge >= 0.3 is 0 Å². The first kappa shape index (κ1) is 16.2. The first-order chi connectivity index (χ1) is 9.91. The van der Waals surface area contributed by atoms with E-state index >= 15 is 0 Å². The zero-order chi connectivity index (χ0) is 15.5. The highest BCUT2D eigenvalue weighted by Crippen LogP contribution is 2.37. The average Bonchev–Trinajstić information content (AvgIpc) is 2.47. The molecule has 116 valence electrons. The molecule has 1 aliphatic rings. The van der Waals surface area contributed by atoms with Gasteiger partial charge in [-0.1, -0.05) is 26.8 Å². The van der Waals surface area contributed by atoms with Crippen molar-refractivity contribution in [3.8, 4) is 0 Å². The van der Waals surface area contributed by atoms with Crippen LogP contribution in [0.1, 0.15) is 55.1 Å². The summed E-state index contributed by atoms with van der Waals surface area (Å²) in [7, 11) is 1.74. The quantitative estimate of drug-likeness (QED) is 0.796. The molecular weight excluding hydrogens is 264 g/mol.